The standard InChI is InChI=1S/C23H44.C2H6/c1-6-19(21-11-9-8-10-12-21)15-18(5)22-13-14-23(17(3)4)20(7-2)16-22;1-2/h17-23H,6-16H2,1-5H3;1-2H3. The molecule has 5 unspecified atom stereocenters. The summed E-state index contributed by atoms with van der Waals surface area (Å²) in [5.74, 6) is 6.96. The van der Waals surface area contributed by atoms with Gasteiger partial charge in [0.1, 0.15) is 0 Å². The lowest BCUT2D eigenvalue weighted by molar-refractivity contribution is 0.0891. The summed E-state index contributed by atoms with van der Waals surface area (Å²) in [6, 6.07) is 0. The third-order valence-electron chi connectivity index (χ3n) is 7.78. The molecule has 0 aromatic heterocycles. The zero-order chi connectivity index (χ0) is 18.8. The van der Waals surface area contributed by atoms with E-state index in [1.54, 1.807) is 0 Å². The van der Waals surface area contributed by atoms with Gasteiger partial charge in [0.2, 0.25) is 0 Å². The van der Waals surface area contributed by atoms with Gasteiger partial charge in [0, 0.05) is 0 Å². The summed E-state index contributed by atoms with van der Waals surface area (Å²) in [4.78, 5) is 0. The van der Waals surface area contributed by atoms with Crippen LogP contribution in [0, 0.1) is 41.4 Å². The molecule has 0 saturated heterocycles. The minimum atomic E-state index is 0.891. The van der Waals surface area contributed by atoms with Crippen LogP contribution in [0.5, 0.6) is 0 Å². The van der Waals surface area contributed by atoms with Gasteiger partial charge < -0.3 is 0 Å². The Morgan fingerprint density at radius 2 is 1.44 bits per heavy atom. The van der Waals surface area contributed by atoms with Gasteiger partial charge >= 0.3 is 0 Å². The second-order valence-electron chi connectivity index (χ2n) is 9.43. The van der Waals surface area contributed by atoms with Gasteiger partial charge in [-0.3, -0.25) is 0 Å². The van der Waals surface area contributed by atoms with E-state index < -0.39 is 0 Å². The van der Waals surface area contributed by atoms with E-state index in [4.69, 9.17) is 0 Å². The van der Waals surface area contributed by atoms with Gasteiger partial charge in [-0.25, -0.2) is 0 Å². The van der Waals surface area contributed by atoms with E-state index in [1.165, 1.54) is 70.6 Å². The van der Waals surface area contributed by atoms with Crippen LogP contribution in [-0.2, 0) is 0 Å². The maximum atomic E-state index is 2.60. The first-order valence-corrected chi connectivity index (χ1v) is 12.1. The normalized spacial score (nSPS) is 30.5. The monoisotopic (exact) mass is 350 g/mol. The number of hydrogen-bond acceptors (Lipinski definition) is 0. The molecule has 0 heteroatoms. The van der Waals surface area contributed by atoms with Gasteiger partial charge in [-0.2, -0.15) is 0 Å². The molecule has 0 aromatic carbocycles. The molecule has 2 rings (SSSR count). The Balaban J connectivity index is 0.00000151. The summed E-state index contributed by atoms with van der Waals surface area (Å²) in [7, 11) is 0. The molecule has 2 saturated carbocycles. The van der Waals surface area contributed by atoms with Crippen LogP contribution in [0.15, 0.2) is 0 Å². The molecular formula is C25H50. The van der Waals surface area contributed by atoms with Crippen LogP contribution in [0.1, 0.15) is 119 Å². The fraction of sp³-hybridized carbons (Fsp3) is 1.00. The summed E-state index contributed by atoms with van der Waals surface area (Å²) >= 11 is 0. The van der Waals surface area contributed by atoms with Crippen molar-refractivity contribution in [2.45, 2.75) is 119 Å². The summed E-state index contributed by atoms with van der Waals surface area (Å²) in [5.41, 5.74) is 0. The van der Waals surface area contributed by atoms with Crippen LogP contribution >= 0.6 is 0 Å². The van der Waals surface area contributed by atoms with Crippen LogP contribution in [0.3, 0.4) is 0 Å². The van der Waals surface area contributed by atoms with E-state index in [9.17, 15) is 0 Å². The molecular weight excluding hydrogens is 300 g/mol. The SMILES string of the molecule is CC.CCC(CC(C)C1CCC(C(C)C)C(CC)C1)C1CCCCC1. The molecule has 0 aromatic rings. The summed E-state index contributed by atoms with van der Waals surface area (Å²) in [6.07, 6.45) is 16.5. The average Bonchev–Trinajstić information content (AvgIpc) is 2.67. The molecule has 25 heavy (non-hydrogen) atoms. The van der Waals surface area contributed by atoms with Crippen molar-refractivity contribution in [1.29, 1.82) is 0 Å². The molecule has 0 spiro atoms. The van der Waals surface area contributed by atoms with Gasteiger partial charge in [-0.1, -0.05) is 93.4 Å². The van der Waals surface area contributed by atoms with Gasteiger partial charge in [-0.05, 0) is 67.1 Å². The van der Waals surface area contributed by atoms with E-state index >= 15 is 0 Å². The molecule has 2 aliphatic carbocycles. The van der Waals surface area contributed by atoms with Gasteiger partial charge in [0.05, 0.1) is 0 Å². The smallest absolute Gasteiger partial charge is 0.0363 e. The van der Waals surface area contributed by atoms with Crippen molar-refractivity contribution in [2.75, 3.05) is 0 Å². The van der Waals surface area contributed by atoms with Crippen molar-refractivity contribution >= 4 is 0 Å². The first kappa shape index (κ1) is 23.0. The van der Waals surface area contributed by atoms with Crippen LogP contribution < -0.4 is 0 Å². The highest BCUT2D eigenvalue weighted by atomic mass is 14.4. The predicted octanol–water partition coefficient (Wildman–Crippen LogP) is 8.74. The largest absolute Gasteiger partial charge is 0.0683 e. The first-order chi connectivity index (χ1) is 12.1. The summed E-state index contributed by atoms with van der Waals surface area (Å²) in [5, 5.41) is 0. The Bertz CT molecular complexity index is 312. The summed E-state index contributed by atoms with van der Waals surface area (Å²) in [6.45, 7) is 16.4. The highest BCUT2D eigenvalue weighted by Crippen LogP contribution is 2.45. The zero-order valence-electron chi connectivity index (χ0n) is 18.8. The molecule has 0 nitrogen and oxygen atoms in total. The number of rotatable bonds is 7. The van der Waals surface area contributed by atoms with Crippen molar-refractivity contribution in [2.24, 2.45) is 41.4 Å². The molecule has 0 N–H and O–H groups in total. The molecule has 5 atom stereocenters. The van der Waals surface area contributed by atoms with Crippen molar-refractivity contribution in [3.05, 3.63) is 0 Å². The lowest BCUT2D eigenvalue weighted by Gasteiger charge is -2.41. The molecule has 2 aliphatic rings. The highest BCUT2D eigenvalue weighted by Gasteiger charge is 2.34. The maximum absolute atomic E-state index is 2.60. The lowest BCUT2D eigenvalue weighted by Crippen LogP contribution is -2.32. The Labute approximate surface area is 160 Å². The van der Waals surface area contributed by atoms with Crippen LogP contribution in [0.4, 0.5) is 0 Å². The quantitative estimate of drug-likeness (QED) is 0.430. The topological polar surface area (TPSA) is 0 Å². The van der Waals surface area contributed by atoms with E-state index in [1.807, 2.05) is 13.8 Å². The highest BCUT2D eigenvalue weighted by molar-refractivity contribution is 4.85. The van der Waals surface area contributed by atoms with Gasteiger partial charge in [-0.15, -0.1) is 0 Å². The van der Waals surface area contributed by atoms with E-state index in [-0.39, 0.29) is 0 Å². The van der Waals surface area contributed by atoms with Crippen molar-refractivity contribution in [3.8, 4) is 0 Å². The fourth-order valence-electron chi connectivity index (χ4n) is 6.16. The second kappa shape index (κ2) is 12.4. The Kier molecular flexibility index (Phi) is 11.4. The maximum Gasteiger partial charge on any atom is -0.0363 e. The lowest BCUT2D eigenvalue weighted by atomic mass is 9.64. The molecule has 0 bridgehead atoms. The van der Waals surface area contributed by atoms with Gasteiger partial charge in [0.15, 0.2) is 0 Å². The zero-order valence-corrected chi connectivity index (χ0v) is 18.8. The Morgan fingerprint density at radius 3 is 1.96 bits per heavy atom. The van der Waals surface area contributed by atoms with Gasteiger partial charge in [0.25, 0.3) is 0 Å². The molecule has 0 aliphatic heterocycles. The molecule has 0 radical (unpaired) electrons. The van der Waals surface area contributed by atoms with Crippen molar-refractivity contribution < 1.29 is 0 Å². The minimum Gasteiger partial charge on any atom is -0.0683 e. The predicted molar refractivity (Wildman–Crippen MR) is 115 cm³/mol. The fourth-order valence-corrected chi connectivity index (χ4v) is 6.16. The van der Waals surface area contributed by atoms with Crippen molar-refractivity contribution in [3.63, 3.8) is 0 Å². The second-order valence-corrected chi connectivity index (χ2v) is 9.43. The summed E-state index contributed by atoms with van der Waals surface area (Å²) < 4.78 is 0. The molecule has 150 valence electrons. The van der Waals surface area contributed by atoms with Crippen LogP contribution in [0.25, 0.3) is 0 Å². The average molecular weight is 351 g/mol. The first-order valence-electron chi connectivity index (χ1n) is 12.1. The van der Waals surface area contributed by atoms with E-state index in [0.717, 1.165) is 41.4 Å². The van der Waals surface area contributed by atoms with E-state index in [2.05, 4.69) is 34.6 Å². The number of hydrogen-bond donors (Lipinski definition) is 0. The third-order valence-corrected chi connectivity index (χ3v) is 7.78. The van der Waals surface area contributed by atoms with E-state index in [0.29, 0.717) is 0 Å². The Hall–Kier alpha value is 0. The third kappa shape index (κ3) is 6.91. The minimum absolute atomic E-state index is 0.891. The molecule has 0 heterocycles. The van der Waals surface area contributed by atoms with Crippen LogP contribution in [0.2, 0.25) is 0 Å². The Morgan fingerprint density at radius 1 is 0.800 bits per heavy atom. The molecule has 2 fully saturated rings. The van der Waals surface area contributed by atoms with Crippen molar-refractivity contribution in [1.82, 2.24) is 0 Å². The molecule has 0 amide bonds. The van der Waals surface area contributed by atoms with Crippen LogP contribution in [-0.4, -0.2) is 0 Å².